The Balaban J connectivity index is 1.22. The van der Waals surface area contributed by atoms with Crippen molar-refractivity contribution in [1.29, 1.82) is 0 Å². The Morgan fingerprint density at radius 3 is 1.85 bits per heavy atom. The van der Waals surface area contributed by atoms with Crippen molar-refractivity contribution in [2.45, 2.75) is 155 Å². The summed E-state index contributed by atoms with van der Waals surface area (Å²) in [4.78, 5) is 12.7. The number of esters is 1. The molecule has 3 aliphatic rings. The second-order valence-electron chi connectivity index (χ2n) is 12.2. The molecule has 2 nitrogen and oxygen atoms in total. The normalized spacial score (nSPS) is 32.6. The fourth-order valence-electron chi connectivity index (χ4n) is 6.95. The molecule has 3 fully saturated rings. The quantitative estimate of drug-likeness (QED) is 0.151. The van der Waals surface area contributed by atoms with Gasteiger partial charge in [-0.3, -0.25) is 4.79 Å². The molecule has 0 amide bonds. The Labute approximate surface area is 212 Å². The van der Waals surface area contributed by atoms with Gasteiger partial charge in [-0.05, 0) is 87.9 Å². The molecule has 0 aliphatic heterocycles. The summed E-state index contributed by atoms with van der Waals surface area (Å²) in [6.07, 6.45) is 32.6. The summed E-state index contributed by atoms with van der Waals surface area (Å²) in [5, 5.41) is 0. The van der Waals surface area contributed by atoms with Gasteiger partial charge in [0.15, 0.2) is 0 Å². The molecule has 0 aromatic carbocycles. The van der Waals surface area contributed by atoms with E-state index < -0.39 is 0 Å². The van der Waals surface area contributed by atoms with E-state index in [9.17, 15) is 4.79 Å². The first-order chi connectivity index (χ1) is 16.7. The first-order valence-electron chi connectivity index (χ1n) is 15.5. The van der Waals surface area contributed by atoms with Gasteiger partial charge in [0, 0.05) is 0 Å². The zero-order valence-corrected chi connectivity index (χ0v) is 22.8. The molecule has 34 heavy (non-hydrogen) atoms. The van der Waals surface area contributed by atoms with E-state index in [4.69, 9.17) is 4.74 Å². The number of allylic oxidation sites excluding steroid dienone is 2. The Kier molecular flexibility index (Phi) is 13.1. The predicted molar refractivity (Wildman–Crippen MR) is 145 cm³/mol. The second-order valence-corrected chi connectivity index (χ2v) is 12.2. The number of ether oxygens (including phenoxy) is 1. The lowest BCUT2D eigenvalue weighted by Gasteiger charge is -2.31. The summed E-state index contributed by atoms with van der Waals surface area (Å²) in [5.41, 5.74) is 0. The monoisotopic (exact) mass is 472 g/mol. The smallest absolute Gasteiger partial charge is 0.309 e. The van der Waals surface area contributed by atoms with Crippen molar-refractivity contribution in [1.82, 2.24) is 0 Å². The molecular formula is C32H56O2. The standard InChI is InChI=1S/C32H56O2/c1-3-5-7-11-27-14-16-28(17-15-27)12-8-9-13-29-18-22-30(23-19-29)32(33)34-31-24-20-26(21-25-31)10-6-4-2/h9,13,26-31H,3-8,10-12,14-25H2,1-2H3/b13-9+. The van der Waals surface area contributed by atoms with Crippen molar-refractivity contribution < 1.29 is 9.53 Å². The lowest BCUT2D eigenvalue weighted by Crippen LogP contribution is -2.30. The van der Waals surface area contributed by atoms with Gasteiger partial charge in [-0.15, -0.1) is 0 Å². The average Bonchev–Trinajstić information content (AvgIpc) is 2.87. The van der Waals surface area contributed by atoms with Crippen molar-refractivity contribution in [2.24, 2.45) is 29.6 Å². The van der Waals surface area contributed by atoms with E-state index in [0.29, 0.717) is 5.92 Å². The number of carbonyl (C=O) groups is 1. The van der Waals surface area contributed by atoms with E-state index in [0.717, 1.165) is 43.4 Å². The third-order valence-electron chi connectivity index (χ3n) is 9.48. The SMILES string of the molecule is CCCCCC1CCC(CC/C=C/C2CCC(C(=O)OC3CCC(CCCC)CC3)CC2)CC1. The van der Waals surface area contributed by atoms with Crippen LogP contribution in [0.2, 0.25) is 0 Å². The Morgan fingerprint density at radius 2 is 1.24 bits per heavy atom. The van der Waals surface area contributed by atoms with Gasteiger partial charge in [-0.25, -0.2) is 0 Å². The number of hydrogen-bond acceptors (Lipinski definition) is 2. The minimum atomic E-state index is 0.115. The van der Waals surface area contributed by atoms with Gasteiger partial charge in [0.1, 0.15) is 6.10 Å². The molecule has 0 saturated heterocycles. The fraction of sp³-hybridized carbons (Fsp3) is 0.906. The fourth-order valence-corrected chi connectivity index (χ4v) is 6.95. The molecular weight excluding hydrogens is 416 g/mol. The topological polar surface area (TPSA) is 26.3 Å². The van der Waals surface area contributed by atoms with E-state index in [-0.39, 0.29) is 18.0 Å². The van der Waals surface area contributed by atoms with Crippen molar-refractivity contribution >= 4 is 5.97 Å². The van der Waals surface area contributed by atoms with E-state index in [2.05, 4.69) is 26.0 Å². The molecule has 0 unspecified atom stereocenters. The van der Waals surface area contributed by atoms with E-state index in [1.165, 1.54) is 109 Å². The van der Waals surface area contributed by atoms with Crippen LogP contribution >= 0.6 is 0 Å². The highest BCUT2D eigenvalue weighted by molar-refractivity contribution is 5.72. The molecule has 0 aromatic rings. The minimum absolute atomic E-state index is 0.115. The van der Waals surface area contributed by atoms with Crippen molar-refractivity contribution in [3.63, 3.8) is 0 Å². The zero-order valence-electron chi connectivity index (χ0n) is 22.8. The predicted octanol–water partition coefficient (Wildman–Crippen LogP) is 9.81. The van der Waals surface area contributed by atoms with Gasteiger partial charge in [0.2, 0.25) is 0 Å². The Hall–Kier alpha value is -0.790. The zero-order chi connectivity index (χ0) is 24.0. The lowest BCUT2D eigenvalue weighted by atomic mass is 9.78. The van der Waals surface area contributed by atoms with Crippen LogP contribution < -0.4 is 0 Å². The van der Waals surface area contributed by atoms with Crippen molar-refractivity contribution in [3.05, 3.63) is 12.2 Å². The average molecular weight is 473 g/mol. The largest absolute Gasteiger partial charge is 0.462 e. The van der Waals surface area contributed by atoms with Crippen LogP contribution in [0.1, 0.15) is 149 Å². The van der Waals surface area contributed by atoms with Crippen LogP contribution in [0.3, 0.4) is 0 Å². The third kappa shape index (κ3) is 10.1. The Morgan fingerprint density at radius 1 is 0.676 bits per heavy atom. The van der Waals surface area contributed by atoms with Crippen LogP contribution in [0.25, 0.3) is 0 Å². The van der Waals surface area contributed by atoms with Gasteiger partial charge < -0.3 is 4.74 Å². The highest BCUT2D eigenvalue weighted by Crippen LogP contribution is 2.36. The molecule has 0 aromatic heterocycles. The summed E-state index contributed by atoms with van der Waals surface area (Å²) >= 11 is 0. The highest BCUT2D eigenvalue weighted by atomic mass is 16.5. The Bertz CT molecular complexity index is 558. The van der Waals surface area contributed by atoms with Gasteiger partial charge in [-0.2, -0.15) is 0 Å². The van der Waals surface area contributed by atoms with Crippen LogP contribution in [-0.2, 0) is 9.53 Å². The third-order valence-corrected chi connectivity index (χ3v) is 9.48. The van der Waals surface area contributed by atoms with Crippen molar-refractivity contribution in [3.8, 4) is 0 Å². The van der Waals surface area contributed by atoms with Gasteiger partial charge in [0.25, 0.3) is 0 Å². The maximum atomic E-state index is 12.7. The maximum Gasteiger partial charge on any atom is 0.309 e. The molecule has 0 N–H and O–H groups in total. The number of unbranched alkanes of at least 4 members (excludes halogenated alkanes) is 3. The summed E-state index contributed by atoms with van der Waals surface area (Å²) < 4.78 is 5.96. The molecule has 3 aliphatic carbocycles. The molecule has 3 rings (SSSR count). The first-order valence-corrected chi connectivity index (χ1v) is 15.5. The van der Waals surface area contributed by atoms with Crippen molar-refractivity contribution in [2.75, 3.05) is 0 Å². The molecule has 0 spiro atoms. The van der Waals surface area contributed by atoms with Crippen LogP contribution in [0, 0.1) is 29.6 Å². The number of carbonyl (C=O) groups excluding carboxylic acids is 1. The van der Waals surface area contributed by atoms with Crippen LogP contribution in [0.5, 0.6) is 0 Å². The summed E-state index contributed by atoms with van der Waals surface area (Å²) in [7, 11) is 0. The van der Waals surface area contributed by atoms with Gasteiger partial charge in [-0.1, -0.05) is 96.6 Å². The lowest BCUT2D eigenvalue weighted by molar-refractivity contribution is -0.157. The second kappa shape index (κ2) is 16.1. The van der Waals surface area contributed by atoms with Crippen LogP contribution in [-0.4, -0.2) is 12.1 Å². The molecule has 0 bridgehead atoms. The number of rotatable bonds is 13. The van der Waals surface area contributed by atoms with E-state index in [1.807, 2.05) is 0 Å². The van der Waals surface area contributed by atoms with E-state index >= 15 is 0 Å². The minimum Gasteiger partial charge on any atom is -0.462 e. The van der Waals surface area contributed by atoms with Gasteiger partial charge in [0.05, 0.1) is 5.92 Å². The molecule has 196 valence electrons. The molecule has 0 atom stereocenters. The molecule has 0 radical (unpaired) electrons. The van der Waals surface area contributed by atoms with Gasteiger partial charge >= 0.3 is 5.97 Å². The molecule has 3 saturated carbocycles. The molecule has 0 heterocycles. The summed E-state index contributed by atoms with van der Waals surface area (Å²) in [6, 6.07) is 0. The molecule has 2 heteroatoms. The van der Waals surface area contributed by atoms with Crippen LogP contribution in [0.4, 0.5) is 0 Å². The highest BCUT2D eigenvalue weighted by Gasteiger charge is 2.30. The maximum absolute atomic E-state index is 12.7. The summed E-state index contributed by atoms with van der Waals surface area (Å²) in [6.45, 7) is 4.59. The van der Waals surface area contributed by atoms with Crippen LogP contribution in [0.15, 0.2) is 12.2 Å². The first kappa shape index (κ1) is 27.8. The summed E-state index contributed by atoms with van der Waals surface area (Å²) in [5.74, 6) is 3.84. The van der Waals surface area contributed by atoms with E-state index in [1.54, 1.807) is 0 Å². The number of hydrogen-bond donors (Lipinski definition) is 0.